The molecule has 0 saturated heterocycles. The van der Waals surface area contributed by atoms with Crippen molar-refractivity contribution in [3.8, 4) is 5.75 Å². The van der Waals surface area contributed by atoms with Crippen LogP contribution < -0.4 is 10.5 Å². The predicted octanol–water partition coefficient (Wildman–Crippen LogP) is 1.99. The first-order valence-corrected chi connectivity index (χ1v) is 4.64. The summed E-state index contributed by atoms with van der Waals surface area (Å²) in [5.41, 5.74) is 6.75. The molecule has 0 fully saturated rings. The maximum atomic E-state index is 5.89. The molecule has 3 nitrogen and oxygen atoms in total. The normalized spacial score (nSPS) is 12.6. The van der Waals surface area contributed by atoms with E-state index in [1.807, 2.05) is 0 Å². The van der Waals surface area contributed by atoms with Crippen LogP contribution in [0.4, 0.5) is 0 Å². The summed E-state index contributed by atoms with van der Waals surface area (Å²) < 4.78 is 10.1. The Labute approximate surface area is 88.8 Å². The molecular weight excluding hydrogens is 202 g/mol. The van der Waals surface area contributed by atoms with Crippen LogP contribution in [0.2, 0.25) is 5.02 Å². The Morgan fingerprint density at radius 3 is 2.71 bits per heavy atom. The van der Waals surface area contributed by atoms with Crippen molar-refractivity contribution in [1.29, 1.82) is 0 Å². The summed E-state index contributed by atoms with van der Waals surface area (Å²) in [4.78, 5) is 0. The Morgan fingerprint density at radius 1 is 1.43 bits per heavy atom. The van der Waals surface area contributed by atoms with Gasteiger partial charge in [-0.25, -0.2) is 0 Å². The van der Waals surface area contributed by atoms with Crippen LogP contribution in [0.15, 0.2) is 18.2 Å². The minimum Gasteiger partial charge on any atom is -0.496 e. The highest BCUT2D eigenvalue weighted by Crippen LogP contribution is 2.27. The predicted molar refractivity (Wildman–Crippen MR) is 56.8 cm³/mol. The maximum Gasteiger partial charge on any atom is 0.123 e. The van der Waals surface area contributed by atoms with E-state index in [1.165, 1.54) is 0 Å². The lowest BCUT2D eigenvalue weighted by atomic mass is 10.1. The molecule has 2 N–H and O–H groups in total. The summed E-state index contributed by atoms with van der Waals surface area (Å²) in [5.74, 6) is 0.735. The van der Waals surface area contributed by atoms with Crippen molar-refractivity contribution < 1.29 is 9.47 Å². The van der Waals surface area contributed by atoms with Crippen molar-refractivity contribution in [2.75, 3.05) is 20.8 Å². The average Bonchev–Trinajstić information content (AvgIpc) is 2.18. The highest BCUT2D eigenvalue weighted by molar-refractivity contribution is 6.30. The second-order valence-corrected chi connectivity index (χ2v) is 3.38. The highest BCUT2D eigenvalue weighted by Gasteiger charge is 2.11. The molecule has 0 spiro atoms. The molecule has 0 radical (unpaired) electrons. The van der Waals surface area contributed by atoms with Crippen molar-refractivity contribution >= 4 is 11.6 Å². The van der Waals surface area contributed by atoms with E-state index in [-0.39, 0.29) is 6.04 Å². The number of rotatable bonds is 4. The number of hydrogen-bond donors (Lipinski definition) is 1. The van der Waals surface area contributed by atoms with Crippen molar-refractivity contribution in [2.24, 2.45) is 5.73 Å². The second kappa shape index (κ2) is 5.20. The van der Waals surface area contributed by atoms with Gasteiger partial charge in [-0.2, -0.15) is 0 Å². The Morgan fingerprint density at radius 2 is 2.14 bits per heavy atom. The zero-order chi connectivity index (χ0) is 10.6. The topological polar surface area (TPSA) is 44.5 Å². The number of ether oxygens (including phenoxy) is 2. The number of methoxy groups -OCH3 is 2. The molecular formula is C10H14ClNO2. The first-order valence-electron chi connectivity index (χ1n) is 4.27. The van der Waals surface area contributed by atoms with E-state index >= 15 is 0 Å². The Balaban J connectivity index is 2.97. The third kappa shape index (κ3) is 2.61. The van der Waals surface area contributed by atoms with Crippen LogP contribution in [0.25, 0.3) is 0 Å². The van der Waals surface area contributed by atoms with Gasteiger partial charge in [0, 0.05) is 17.7 Å². The van der Waals surface area contributed by atoms with Crippen LogP contribution in [0, 0.1) is 0 Å². The first kappa shape index (κ1) is 11.3. The molecule has 0 unspecified atom stereocenters. The summed E-state index contributed by atoms with van der Waals surface area (Å²) >= 11 is 5.87. The molecule has 1 rings (SSSR count). The maximum absolute atomic E-state index is 5.89. The van der Waals surface area contributed by atoms with Crippen LogP contribution in [0.1, 0.15) is 11.6 Å². The third-order valence-corrected chi connectivity index (χ3v) is 2.17. The first-order chi connectivity index (χ1) is 6.69. The molecule has 4 heteroatoms. The highest BCUT2D eigenvalue weighted by atomic mass is 35.5. The summed E-state index contributed by atoms with van der Waals surface area (Å²) in [6.07, 6.45) is 0. The molecule has 1 atom stereocenters. The molecule has 0 aliphatic heterocycles. The summed E-state index contributed by atoms with van der Waals surface area (Å²) in [6.45, 7) is 0.441. The zero-order valence-corrected chi connectivity index (χ0v) is 9.04. The largest absolute Gasteiger partial charge is 0.496 e. The van der Waals surface area contributed by atoms with Gasteiger partial charge in [-0.1, -0.05) is 11.6 Å². The Hall–Kier alpha value is -0.770. The Kier molecular flexibility index (Phi) is 4.20. The van der Waals surface area contributed by atoms with E-state index in [9.17, 15) is 0 Å². The molecule has 1 aromatic rings. The van der Waals surface area contributed by atoms with E-state index < -0.39 is 0 Å². The van der Waals surface area contributed by atoms with E-state index in [4.69, 9.17) is 26.8 Å². The minimum absolute atomic E-state index is 0.214. The van der Waals surface area contributed by atoms with Gasteiger partial charge in [-0.15, -0.1) is 0 Å². The summed E-state index contributed by atoms with van der Waals surface area (Å²) in [7, 11) is 3.21. The summed E-state index contributed by atoms with van der Waals surface area (Å²) in [5, 5.41) is 0.646. The van der Waals surface area contributed by atoms with Crippen LogP contribution in [-0.2, 0) is 4.74 Å². The van der Waals surface area contributed by atoms with Gasteiger partial charge in [0.05, 0.1) is 19.8 Å². The number of halogens is 1. The molecule has 0 aromatic heterocycles. The van der Waals surface area contributed by atoms with Gasteiger partial charge >= 0.3 is 0 Å². The fraction of sp³-hybridized carbons (Fsp3) is 0.400. The van der Waals surface area contributed by atoms with Gasteiger partial charge in [0.2, 0.25) is 0 Å². The number of hydrogen-bond acceptors (Lipinski definition) is 3. The lowest BCUT2D eigenvalue weighted by Gasteiger charge is -2.14. The van der Waals surface area contributed by atoms with Crippen molar-refractivity contribution in [3.05, 3.63) is 28.8 Å². The van der Waals surface area contributed by atoms with Crippen LogP contribution in [0.3, 0.4) is 0 Å². The van der Waals surface area contributed by atoms with Gasteiger partial charge in [0.25, 0.3) is 0 Å². The van der Waals surface area contributed by atoms with Crippen LogP contribution >= 0.6 is 11.6 Å². The van der Waals surface area contributed by atoms with Crippen molar-refractivity contribution in [1.82, 2.24) is 0 Å². The minimum atomic E-state index is -0.214. The molecule has 14 heavy (non-hydrogen) atoms. The van der Waals surface area contributed by atoms with Gasteiger partial charge in [0.1, 0.15) is 5.75 Å². The monoisotopic (exact) mass is 215 g/mol. The molecule has 78 valence electrons. The van der Waals surface area contributed by atoms with Gasteiger partial charge in [0.15, 0.2) is 0 Å². The Bertz CT molecular complexity index is 304. The summed E-state index contributed by atoms with van der Waals surface area (Å²) in [6, 6.07) is 5.15. The SMILES string of the molecule is COC[C@@H](N)c1cc(Cl)ccc1OC. The lowest BCUT2D eigenvalue weighted by Crippen LogP contribution is -2.16. The third-order valence-electron chi connectivity index (χ3n) is 1.94. The molecule has 0 bridgehead atoms. The van der Waals surface area contributed by atoms with Crippen LogP contribution in [-0.4, -0.2) is 20.8 Å². The fourth-order valence-electron chi connectivity index (χ4n) is 1.26. The molecule has 0 amide bonds. The molecule has 0 aliphatic carbocycles. The van der Waals surface area contributed by atoms with Gasteiger partial charge in [-0.05, 0) is 18.2 Å². The molecule has 0 aliphatic rings. The number of benzene rings is 1. The molecule has 0 heterocycles. The molecule has 0 saturated carbocycles. The van der Waals surface area contributed by atoms with E-state index in [0.717, 1.165) is 11.3 Å². The second-order valence-electron chi connectivity index (χ2n) is 2.95. The lowest BCUT2D eigenvalue weighted by molar-refractivity contribution is 0.179. The fourth-order valence-corrected chi connectivity index (χ4v) is 1.44. The number of nitrogens with two attached hydrogens (primary N) is 1. The average molecular weight is 216 g/mol. The van der Waals surface area contributed by atoms with Gasteiger partial charge in [-0.3, -0.25) is 0 Å². The smallest absolute Gasteiger partial charge is 0.123 e. The molecule has 1 aromatic carbocycles. The van der Waals surface area contributed by atoms with E-state index in [1.54, 1.807) is 32.4 Å². The standard InChI is InChI=1S/C10H14ClNO2/c1-13-6-9(12)8-5-7(11)3-4-10(8)14-2/h3-5,9H,6,12H2,1-2H3/t9-/m1/s1. The van der Waals surface area contributed by atoms with Crippen molar-refractivity contribution in [3.63, 3.8) is 0 Å². The quantitative estimate of drug-likeness (QED) is 0.836. The van der Waals surface area contributed by atoms with Gasteiger partial charge < -0.3 is 15.2 Å². The van der Waals surface area contributed by atoms with Crippen LogP contribution in [0.5, 0.6) is 5.75 Å². The zero-order valence-electron chi connectivity index (χ0n) is 8.29. The van der Waals surface area contributed by atoms with Crippen molar-refractivity contribution in [2.45, 2.75) is 6.04 Å². The van der Waals surface area contributed by atoms with E-state index in [0.29, 0.717) is 11.6 Å². The van der Waals surface area contributed by atoms with E-state index in [2.05, 4.69) is 0 Å².